The highest BCUT2D eigenvalue weighted by Crippen LogP contribution is 2.33. The second-order valence-corrected chi connectivity index (χ2v) is 15.7. The van der Waals surface area contributed by atoms with Crippen LogP contribution < -0.4 is 19.9 Å². The molecular weight excluding hydrogens is 667 g/mol. The Morgan fingerprint density at radius 2 is 1.49 bits per heavy atom. The topological polar surface area (TPSA) is 107 Å². The van der Waals surface area contributed by atoms with Crippen molar-refractivity contribution in [2.75, 3.05) is 74.1 Å². The van der Waals surface area contributed by atoms with Gasteiger partial charge in [-0.3, -0.25) is 4.90 Å². The van der Waals surface area contributed by atoms with E-state index in [-0.39, 0.29) is 18.7 Å². The summed E-state index contributed by atoms with van der Waals surface area (Å²) in [4.78, 5) is 31.9. The van der Waals surface area contributed by atoms with Crippen LogP contribution >= 0.6 is 0 Å². The zero-order chi connectivity index (χ0) is 36.8. The van der Waals surface area contributed by atoms with Crippen LogP contribution in [0.25, 0.3) is 10.9 Å². The molecular formula is C42H55N7O4. The Morgan fingerprint density at radius 3 is 2.15 bits per heavy atom. The van der Waals surface area contributed by atoms with Crippen LogP contribution in [0.2, 0.25) is 0 Å². The van der Waals surface area contributed by atoms with Crippen molar-refractivity contribution in [1.29, 1.82) is 0 Å². The van der Waals surface area contributed by atoms with Crippen molar-refractivity contribution in [3.05, 3.63) is 83.9 Å². The van der Waals surface area contributed by atoms with Gasteiger partial charge in [0.1, 0.15) is 17.2 Å². The summed E-state index contributed by atoms with van der Waals surface area (Å²) in [5, 5.41) is 15.2. The number of hydrogen-bond acceptors (Lipinski definition) is 10. The number of nitrogens with one attached hydrogen (secondary N) is 1. The van der Waals surface area contributed by atoms with E-state index < -0.39 is 5.60 Å². The second-order valence-electron chi connectivity index (χ2n) is 15.7. The first-order chi connectivity index (χ1) is 25.7. The SMILES string of the molecule is CC(C)(C)OC(=O)N1CCC(COc2cc3nc(N4CCN(c5ccccc5)CC4)nc(NC4CCN(Cc5ccccc5)CC4)c3cc2CO)CC1. The van der Waals surface area contributed by atoms with Crippen molar-refractivity contribution >= 4 is 34.4 Å². The molecule has 0 unspecified atom stereocenters. The largest absolute Gasteiger partial charge is 0.493 e. The molecule has 0 atom stereocenters. The number of rotatable bonds is 10. The van der Waals surface area contributed by atoms with Gasteiger partial charge in [0.2, 0.25) is 5.95 Å². The van der Waals surface area contributed by atoms with Crippen molar-refractivity contribution < 1.29 is 19.4 Å². The lowest BCUT2D eigenvalue weighted by molar-refractivity contribution is 0.0164. The normalized spacial score (nSPS) is 18.0. The third-order valence-corrected chi connectivity index (χ3v) is 10.6. The van der Waals surface area contributed by atoms with Gasteiger partial charge >= 0.3 is 6.09 Å². The fourth-order valence-electron chi connectivity index (χ4n) is 7.59. The lowest BCUT2D eigenvalue weighted by Gasteiger charge is -2.36. The molecule has 4 aromatic rings. The average molecular weight is 722 g/mol. The highest BCUT2D eigenvalue weighted by atomic mass is 16.6. The standard InChI is InChI=1S/C42H55N7O4/c1-42(2,3)53-41(51)49-20-14-32(15-21-49)30-52-38-27-37-36(26-33(38)29-50)39(43-34-16-18-46(19-17-34)28-31-10-6-4-7-11-31)45-40(44-37)48-24-22-47(23-25-48)35-12-8-5-9-13-35/h4-13,26-27,32,34,50H,14-25,28-30H2,1-3H3,(H,43,44,45). The summed E-state index contributed by atoms with van der Waals surface area (Å²) in [6.07, 6.45) is 3.45. The summed E-state index contributed by atoms with van der Waals surface area (Å²) in [5.74, 6) is 2.47. The third kappa shape index (κ3) is 9.50. The Bertz CT molecular complexity index is 1800. The van der Waals surface area contributed by atoms with Gasteiger partial charge in [0.15, 0.2) is 0 Å². The van der Waals surface area contributed by atoms with Gasteiger partial charge in [-0.1, -0.05) is 48.5 Å². The van der Waals surface area contributed by atoms with Crippen LogP contribution in [0.3, 0.4) is 0 Å². The molecule has 4 heterocycles. The number of nitrogens with zero attached hydrogens (tertiary/aromatic N) is 6. The van der Waals surface area contributed by atoms with Gasteiger partial charge in [-0.2, -0.15) is 4.98 Å². The first-order valence-corrected chi connectivity index (χ1v) is 19.3. The number of amides is 1. The molecule has 282 valence electrons. The zero-order valence-corrected chi connectivity index (χ0v) is 31.5. The van der Waals surface area contributed by atoms with E-state index in [1.165, 1.54) is 11.3 Å². The third-order valence-electron chi connectivity index (χ3n) is 10.6. The smallest absolute Gasteiger partial charge is 0.410 e. The summed E-state index contributed by atoms with van der Waals surface area (Å²) >= 11 is 0. The number of para-hydroxylation sites is 1. The molecule has 11 nitrogen and oxygen atoms in total. The summed E-state index contributed by atoms with van der Waals surface area (Å²) in [5.41, 5.74) is 3.59. The van der Waals surface area contributed by atoms with Crippen LogP contribution in [0.1, 0.15) is 57.6 Å². The number of piperidine rings is 2. The first kappa shape index (κ1) is 36.7. The number of likely N-dealkylation sites (tertiary alicyclic amines) is 2. The molecule has 1 aromatic heterocycles. The van der Waals surface area contributed by atoms with Crippen molar-refractivity contribution in [3.63, 3.8) is 0 Å². The predicted molar refractivity (Wildman–Crippen MR) is 211 cm³/mol. The zero-order valence-electron chi connectivity index (χ0n) is 31.5. The molecule has 3 aromatic carbocycles. The Balaban J connectivity index is 1.07. The number of fused-ring (bicyclic) bond motifs is 1. The number of anilines is 3. The number of hydrogen-bond donors (Lipinski definition) is 2. The van der Waals surface area contributed by atoms with E-state index >= 15 is 0 Å². The molecule has 1 amide bonds. The lowest BCUT2D eigenvalue weighted by atomic mass is 9.98. The van der Waals surface area contributed by atoms with E-state index in [1.807, 2.05) is 32.9 Å². The summed E-state index contributed by atoms with van der Waals surface area (Å²) < 4.78 is 12.0. The quantitative estimate of drug-likeness (QED) is 0.187. The fraction of sp³-hybridized carbons (Fsp3) is 0.500. The molecule has 0 bridgehead atoms. The molecule has 3 aliphatic rings. The molecule has 7 rings (SSSR count). The van der Waals surface area contributed by atoms with Crippen molar-refractivity contribution in [2.45, 2.75) is 71.2 Å². The Labute approximate surface area is 313 Å². The number of ether oxygens (including phenoxy) is 2. The number of benzene rings is 3. The maximum atomic E-state index is 12.6. The molecule has 53 heavy (non-hydrogen) atoms. The number of aromatic nitrogens is 2. The van der Waals surface area contributed by atoms with Gasteiger partial charge in [0.25, 0.3) is 0 Å². The lowest BCUT2D eigenvalue weighted by Crippen LogP contribution is -2.47. The van der Waals surface area contributed by atoms with E-state index in [9.17, 15) is 9.90 Å². The number of aliphatic hydroxyl groups is 1. The van der Waals surface area contributed by atoms with Crippen LogP contribution in [0, 0.1) is 5.92 Å². The van der Waals surface area contributed by atoms with Crippen LogP contribution in [0.4, 0.5) is 22.2 Å². The fourth-order valence-corrected chi connectivity index (χ4v) is 7.59. The monoisotopic (exact) mass is 721 g/mol. The van der Waals surface area contributed by atoms with E-state index in [0.29, 0.717) is 37.3 Å². The van der Waals surface area contributed by atoms with Gasteiger partial charge in [-0.05, 0) is 76.1 Å². The minimum Gasteiger partial charge on any atom is -0.493 e. The Hall–Kier alpha value is -4.61. The van der Waals surface area contributed by atoms with E-state index in [0.717, 1.165) is 93.8 Å². The second kappa shape index (κ2) is 16.6. The van der Waals surface area contributed by atoms with E-state index in [4.69, 9.17) is 19.4 Å². The van der Waals surface area contributed by atoms with E-state index in [1.54, 1.807) is 4.90 Å². The van der Waals surface area contributed by atoms with Crippen LogP contribution in [0.15, 0.2) is 72.8 Å². The molecule has 0 aliphatic carbocycles. The van der Waals surface area contributed by atoms with Gasteiger partial charge in [0.05, 0.1) is 18.7 Å². The molecule has 0 radical (unpaired) electrons. The van der Waals surface area contributed by atoms with Crippen molar-refractivity contribution in [2.24, 2.45) is 5.92 Å². The van der Waals surface area contributed by atoms with Crippen LogP contribution in [-0.4, -0.2) is 102 Å². The molecule has 0 saturated carbocycles. The first-order valence-electron chi connectivity index (χ1n) is 19.3. The summed E-state index contributed by atoms with van der Waals surface area (Å²) in [6, 6.07) is 25.5. The number of piperazine rings is 1. The van der Waals surface area contributed by atoms with Gasteiger partial charge < -0.3 is 34.6 Å². The van der Waals surface area contributed by atoms with Crippen molar-refractivity contribution in [3.8, 4) is 5.75 Å². The number of carbonyl (C=O) groups is 1. The van der Waals surface area contributed by atoms with Crippen molar-refractivity contribution in [1.82, 2.24) is 19.8 Å². The minimum atomic E-state index is -0.511. The maximum Gasteiger partial charge on any atom is 0.410 e. The molecule has 2 N–H and O–H groups in total. The number of carbonyl (C=O) groups excluding carboxylic acids is 1. The van der Waals surface area contributed by atoms with Gasteiger partial charge in [-0.25, -0.2) is 9.78 Å². The van der Waals surface area contributed by atoms with Gasteiger partial charge in [-0.15, -0.1) is 0 Å². The molecule has 3 fully saturated rings. The molecule has 3 aliphatic heterocycles. The van der Waals surface area contributed by atoms with E-state index in [2.05, 4.69) is 80.7 Å². The van der Waals surface area contributed by atoms with Crippen LogP contribution in [0.5, 0.6) is 5.75 Å². The minimum absolute atomic E-state index is 0.150. The predicted octanol–water partition coefficient (Wildman–Crippen LogP) is 6.55. The molecule has 3 saturated heterocycles. The Kier molecular flexibility index (Phi) is 11.5. The average Bonchev–Trinajstić information content (AvgIpc) is 3.18. The highest BCUT2D eigenvalue weighted by molar-refractivity contribution is 5.92. The molecule has 11 heteroatoms. The Morgan fingerprint density at radius 1 is 0.830 bits per heavy atom. The maximum absolute atomic E-state index is 12.6. The summed E-state index contributed by atoms with van der Waals surface area (Å²) in [7, 11) is 0. The summed E-state index contributed by atoms with van der Waals surface area (Å²) in [6.45, 7) is 13.7. The highest BCUT2D eigenvalue weighted by Gasteiger charge is 2.28. The number of aliphatic hydroxyl groups excluding tert-OH is 1. The molecule has 0 spiro atoms. The van der Waals surface area contributed by atoms with Gasteiger partial charge in [0, 0.05) is 87.6 Å². The van der Waals surface area contributed by atoms with Crippen LogP contribution in [-0.2, 0) is 17.9 Å².